The highest BCUT2D eigenvalue weighted by Gasteiger charge is 2.19. The lowest BCUT2D eigenvalue weighted by atomic mass is 10.1. The average molecular weight is 295 g/mol. The van der Waals surface area contributed by atoms with Crippen molar-refractivity contribution < 1.29 is 4.79 Å². The fraction of sp³-hybridized carbons (Fsp3) is 0.562. The predicted octanol–water partition coefficient (Wildman–Crippen LogP) is 3.98. The molecule has 20 heavy (non-hydrogen) atoms. The van der Waals surface area contributed by atoms with E-state index >= 15 is 0 Å². The van der Waals surface area contributed by atoms with Gasteiger partial charge in [0.25, 0.3) is 0 Å². The maximum absolute atomic E-state index is 12.2. The maximum atomic E-state index is 12.2. The zero-order chi connectivity index (χ0) is 14.4. The van der Waals surface area contributed by atoms with Crippen molar-refractivity contribution in [3.8, 4) is 0 Å². The smallest absolute Gasteiger partial charge is 0.241 e. The second kappa shape index (κ2) is 7.65. The van der Waals surface area contributed by atoms with Crippen LogP contribution in [0.1, 0.15) is 45.4 Å². The molecule has 0 aromatic heterocycles. The van der Waals surface area contributed by atoms with Gasteiger partial charge in [0.15, 0.2) is 0 Å². The third kappa shape index (κ3) is 4.80. The number of carbonyl (C=O) groups excluding carboxylic acids is 1. The summed E-state index contributed by atoms with van der Waals surface area (Å²) in [5.74, 6) is -0.00323. The summed E-state index contributed by atoms with van der Waals surface area (Å²) in [6, 6.07) is 7.53. The molecule has 1 amide bonds. The number of hydrogen-bond acceptors (Lipinski definition) is 2. The van der Waals surface area contributed by atoms with Crippen LogP contribution in [-0.4, -0.2) is 18.0 Å². The van der Waals surface area contributed by atoms with Gasteiger partial charge < -0.3 is 10.6 Å². The van der Waals surface area contributed by atoms with Crippen LogP contribution in [0.15, 0.2) is 24.3 Å². The lowest BCUT2D eigenvalue weighted by molar-refractivity contribution is -0.118. The first-order valence-electron chi connectivity index (χ1n) is 7.47. The van der Waals surface area contributed by atoms with Crippen LogP contribution < -0.4 is 10.6 Å². The first kappa shape index (κ1) is 15.3. The minimum absolute atomic E-state index is 0.00323. The van der Waals surface area contributed by atoms with Crippen LogP contribution in [-0.2, 0) is 4.79 Å². The zero-order valence-electron chi connectivity index (χ0n) is 12.0. The number of nitrogens with one attached hydrogen (secondary N) is 2. The Labute approximate surface area is 126 Å². The molecular formula is C16H23ClN2O. The predicted molar refractivity (Wildman–Crippen MR) is 84.2 cm³/mol. The van der Waals surface area contributed by atoms with Gasteiger partial charge in [0.2, 0.25) is 5.91 Å². The molecule has 4 heteroatoms. The van der Waals surface area contributed by atoms with Crippen LogP contribution in [0.3, 0.4) is 0 Å². The first-order chi connectivity index (χ1) is 9.65. The molecule has 0 heterocycles. The number of amides is 1. The van der Waals surface area contributed by atoms with E-state index in [2.05, 4.69) is 10.6 Å². The van der Waals surface area contributed by atoms with Gasteiger partial charge in [0, 0.05) is 16.8 Å². The summed E-state index contributed by atoms with van der Waals surface area (Å²) in [6.45, 7) is 1.92. The van der Waals surface area contributed by atoms with Crippen molar-refractivity contribution in [1.29, 1.82) is 0 Å². The fourth-order valence-corrected chi connectivity index (χ4v) is 2.88. The lowest BCUT2D eigenvalue weighted by Gasteiger charge is -2.21. The molecule has 110 valence electrons. The molecule has 1 aliphatic carbocycles. The Kier molecular flexibility index (Phi) is 5.86. The monoisotopic (exact) mass is 294 g/mol. The van der Waals surface area contributed by atoms with Crippen LogP contribution in [0, 0.1) is 0 Å². The largest absolute Gasteiger partial charge is 0.325 e. The van der Waals surface area contributed by atoms with Gasteiger partial charge in [-0.3, -0.25) is 4.79 Å². The van der Waals surface area contributed by atoms with E-state index in [4.69, 9.17) is 11.6 Å². The molecule has 0 bridgehead atoms. The molecule has 1 aromatic carbocycles. The van der Waals surface area contributed by atoms with E-state index < -0.39 is 0 Å². The van der Waals surface area contributed by atoms with Crippen molar-refractivity contribution in [2.24, 2.45) is 0 Å². The van der Waals surface area contributed by atoms with Crippen molar-refractivity contribution in [2.75, 3.05) is 5.32 Å². The molecule has 0 aliphatic heterocycles. The Balaban J connectivity index is 1.85. The standard InChI is InChI=1S/C16H23ClN2O/c1-12(18-14-8-4-2-3-5-9-14)16(20)19-15-10-6-7-13(17)11-15/h6-7,10-12,14,18H,2-5,8-9H2,1H3,(H,19,20)/t12-/m1/s1. The normalized spacial score (nSPS) is 18.3. The van der Waals surface area contributed by atoms with Crippen LogP contribution >= 0.6 is 11.6 Å². The highest BCUT2D eigenvalue weighted by Crippen LogP contribution is 2.18. The minimum atomic E-state index is -0.183. The highest BCUT2D eigenvalue weighted by atomic mass is 35.5. The molecule has 1 fully saturated rings. The van der Waals surface area contributed by atoms with Crippen molar-refractivity contribution in [1.82, 2.24) is 5.32 Å². The number of hydrogen-bond donors (Lipinski definition) is 2. The maximum Gasteiger partial charge on any atom is 0.241 e. The van der Waals surface area contributed by atoms with Gasteiger partial charge in [-0.15, -0.1) is 0 Å². The van der Waals surface area contributed by atoms with E-state index in [9.17, 15) is 4.79 Å². The van der Waals surface area contributed by atoms with Gasteiger partial charge in [0.1, 0.15) is 0 Å². The summed E-state index contributed by atoms with van der Waals surface area (Å²) in [6.07, 6.45) is 7.52. The Hall–Kier alpha value is -1.06. The summed E-state index contributed by atoms with van der Waals surface area (Å²) in [7, 11) is 0. The van der Waals surface area contributed by atoms with Crippen LogP contribution in [0.2, 0.25) is 5.02 Å². The molecule has 1 atom stereocenters. The summed E-state index contributed by atoms with van der Waals surface area (Å²) >= 11 is 5.91. The van der Waals surface area contributed by atoms with Gasteiger partial charge in [-0.1, -0.05) is 43.4 Å². The van der Waals surface area contributed by atoms with Gasteiger partial charge >= 0.3 is 0 Å². The molecule has 2 rings (SSSR count). The zero-order valence-corrected chi connectivity index (χ0v) is 12.7. The van der Waals surface area contributed by atoms with Crippen molar-refractivity contribution >= 4 is 23.2 Å². The SMILES string of the molecule is C[C@@H](NC1CCCCCC1)C(=O)Nc1cccc(Cl)c1. The Bertz CT molecular complexity index is 442. The number of benzene rings is 1. The number of carbonyl (C=O) groups is 1. The van der Waals surface area contributed by atoms with E-state index in [0.717, 1.165) is 5.69 Å². The average Bonchev–Trinajstić information content (AvgIpc) is 2.67. The topological polar surface area (TPSA) is 41.1 Å². The summed E-state index contributed by atoms with van der Waals surface area (Å²) in [5, 5.41) is 6.98. The summed E-state index contributed by atoms with van der Waals surface area (Å²) in [5.41, 5.74) is 0.747. The van der Waals surface area contributed by atoms with Gasteiger partial charge in [-0.2, -0.15) is 0 Å². The molecule has 1 aromatic rings. The Morgan fingerprint density at radius 2 is 1.95 bits per heavy atom. The Morgan fingerprint density at radius 1 is 1.25 bits per heavy atom. The lowest BCUT2D eigenvalue weighted by Crippen LogP contribution is -2.43. The summed E-state index contributed by atoms with van der Waals surface area (Å²) < 4.78 is 0. The quantitative estimate of drug-likeness (QED) is 0.825. The first-order valence-corrected chi connectivity index (χ1v) is 7.85. The molecule has 1 aliphatic rings. The van der Waals surface area contributed by atoms with E-state index in [1.807, 2.05) is 19.1 Å². The second-order valence-corrected chi connectivity index (χ2v) is 6.01. The Morgan fingerprint density at radius 3 is 2.60 bits per heavy atom. The molecular weight excluding hydrogens is 272 g/mol. The van der Waals surface area contributed by atoms with E-state index in [0.29, 0.717) is 11.1 Å². The van der Waals surface area contributed by atoms with Crippen molar-refractivity contribution in [3.05, 3.63) is 29.3 Å². The van der Waals surface area contributed by atoms with Gasteiger partial charge in [-0.25, -0.2) is 0 Å². The highest BCUT2D eigenvalue weighted by molar-refractivity contribution is 6.30. The molecule has 2 N–H and O–H groups in total. The molecule has 0 saturated heterocycles. The molecule has 1 saturated carbocycles. The number of halogens is 1. The second-order valence-electron chi connectivity index (χ2n) is 5.58. The van der Waals surface area contributed by atoms with Crippen molar-refractivity contribution in [3.63, 3.8) is 0 Å². The van der Waals surface area contributed by atoms with Crippen molar-refractivity contribution in [2.45, 2.75) is 57.5 Å². The fourth-order valence-electron chi connectivity index (χ4n) is 2.69. The third-order valence-corrected chi connectivity index (χ3v) is 4.06. The van der Waals surface area contributed by atoms with Crippen LogP contribution in [0.4, 0.5) is 5.69 Å². The van der Waals surface area contributed by atoms with Crippen LogP contribution in [0.25, 0.3) is 0 Å². The summed E-state index contributed by atoms with van der Waals surface area (Å²) in [4.78, 5) is 12.2. The van der Waals surface area contributed by atoms with E-state index in [1.165, 1.54) is 38.5 Å². The molecule has 0 spiro atoms. The van der Waals surface area contributed by atoms with E-state index in [-0.39, 0.29) is 11.9 Å². The molecule has 3 nitrogen and oxygen atoms in total. The molecule has 0 unspecified atom stereocenters. The van der Waals surface area contributed by atoms with Gasteiger partial charge in [0.05, 0.1) is 6.04 Å². The van der Waals surface area contributed by atoms with Crippen LogP contribution in [0.5, 0.6) is 0 Å². The van der Waals surface area contributed by atoms with Gasteiger partial charge in [-0.05, 0) is 38.0 Å². The number of anilines is 1. The van der Waals surface area contributed by atoms with E-state index in [1.54, 1.807) is 12.1 Å². The molecule has 0 radical (unpaired) electrons. The minimum Gasteiger partial charge on any atom is -0.325 e. The number of rotatable bonds is 4. The third-order valence-electron chi connectivity index (χ3n) is 3.83.